The van der Waals surface area contributed by atoms with Crippen molar-refractivity contribution in [3.05, 3.63) is 40.1 Å². The Balaban J connectivity index is 1.64. The number of nitrogens with one attached hydrogen (secondary N) is 2. The van der Waals surface area contributed by atoms with Gasteiger partial charge in [0.15, 0.2) is 17.3 Å². The Morgan fingerprint density at radius 2 is 2.04 bits per heavy atom. The Bertz CT molecular complexity index is 728. The van der Waals surface area contributed by atoms with Crippen LogP contribution in [0.5, 0.6) is 11.5 Å². The first kappa shape index (κ1) is 15.5. The van der Waals surface area contributed by atoms with Crippen LogP contribution in [-0.2, 0) is 11.3 Å². The van der Waals surface area contributed by atoms with E-state index >= 15 is 0 Å². The minimum atomic E-state index is -0.220. The van der Waals surface area contributed by atoms with Crippen molar-refractivity contribution in [3.63, 3.8) is 0 Å². The van der Waals surface area contributed by atoms with Gasteiger partial charge >= 0.3 is 0 Å². The van der Waals surface area contributed by atoms with Crippen LogP contribution in [0.25, 0.3) is 0 Å². The molecule has 0 radical (unpaired) electrons. The minimum absolute atomic E-state index is 0.118. The van der Waals surface area contributed by atoms with Gasteiger partial charge in [0, 0.05) is 23.1 Å². The number of anilines is 1. The lowest BCUT2D eigenvalue weighted by molar-refractivity contribution is -0.115. The molecular weight excluding hydrogens is 316 g/mol. The number of rotatable bonds is 6. The van der Waals surface area contributed by atoms with E-state index in [2.05, 4.69) is 10.6 Å². The predicted octanol–water partition coefficient (Wildman–Crippen LogP) is 2.41. The van der Waals surface area contributed by atoms with Crippen molar-refractivity contribution in [2.24, 2.45) is 0 Å². The topological polar surface area (TPSA) is 76.7 Å². The van der Waals surface area contributed by atoms with Crippen LogP contribution >= 0.6 is 11.3 Å². The van der Waals surface area contributed by atoms with Crippen LogP contribution in [0.3, 0.4) is 0 Å². The number of fused-ring (bicyclic) bond motifs is 1. The quantitative estimate of drug-likeness (QED) is 0.795. The van der Waals surface area contributed by atoms with Crippen molar-refractivity contribution in [2.45, 2.75) is 13.5 Å². The van der Waals surface area contributed by atoms with Gasteiger partial charge < -0.3 is 20.1 Å². The maximum atomic E-state index is 12.1. The van der Waals surface area contributed by atoms with E-state index in [1.54, 1.807) is 23.5 Å². The minimum Gasteiger partial charge on any atom is -0.454 e. The summed E-state index contributed by atoms with van der Waals surface area (Å²) in [5.74, 6) is 0.675. The Morgan fingerprint density at radius 1 is 1.26 bits per heavy atom. The number of hydrogen-bond donors (Lipinski definition) is 2. The first-order valence-electron chi connectivity index (χ1n) is 7.11. The number of hydrogen-bond acceptors (Lipinski definition) is 6. The van der Waals surface area contributed by atoms with E-state index in [9.17, 15) is 9.59 Å². The molecule has 1 aromatic carbocycles. The number of ketones is 1. The van der Waals surface area contributed by atoms with Crippen LogP contribution in [0.2, 0.25) is 0 Å². The summed E-state index contributed by atoms with van der Waals surface area (Å²) in [5.41, 5.74) is 0.838. The number of carbonyl (C=O) groups excluding carboxylic acids is 2. The maximum Gasteiger partial charge on any atom is 0.238 e. The number of amides is 1. The van der Waals surface area contributed by atoms with Crippen molar-refractivity contribution in [1.29, 1.82) is 0 Å². The molecule has 1 aliphatic heterocycles. The van der Waals surface area contributed by atoms with Crippen LogP contribution in [0.4, 0.5) is 5.69 Å². The summed E-state index contributed by atoms with van der Waals surface area (Å²) in [6.45, 7) is 2.35. The molecule has 7 heteroatoms. The molecule has 120 valence electrons. The fourth-order valence-corrected chi connectivity index (χ4v) is 2.92. The van der Waals surface area contributed by atoms with Gasteiger partial charge in [0.05, 0.1) is 12.2 Å². The van der Waals surface area contributed by atoms with Crippen molar-refractivity contribution < 1.29 is 19.1 Å². The Hall–Kier alpha value is -2.38. The first-order chi connectivity index (χ1) is 11.1. The smallest absolute Gasteiger partial charge is 0.238 e. The average Bonchev–Trinajstić information content (AvgIpc) is 3.16. The molecule has 0 spiro atoms. The molecule has 6 nitrogen and oxygen atoms in total. The van der Waals surface area contributed by atoms with Gasteiger partial charge in [-0.1, -0.05) is 6.07 Å². The summed E-state index contributed by atoms with van der Waals surface area (Å²) >= 11 is 1.63. The third-order valence-electron chi connectivity index (χ3n) is 3.33. The lowest BCUT2D eigenvalue weighted by Gasteiger charge is -2.11. The molecule has 0 saturated carbocycles. The van der Waals surface area contributed by atoms with Crippen LogP contribution in [0.1, 0.15) is 22.2 Å². The monoisotopic (exact) mass is 332 g/mol. The van der Waals surface area contributed by atoms with E-state index in [0.29, 0.717) is 29.3 Å². The fraction of sp³-hybridized carbons (Fsp3) is 0.250. The fourth-order valence-electron chi connectivity index (χ4n) is 2.24. The summed E-state index contributed by atoms with van der Waals surface area (Å²) in [6, 6.07) is 7.18. The number of thiophene rings is 1. The zero-order valence-electron chi connectivity index (χ0n) is 12.5. The largest absolute Gasteiger partial charge is 0.454 e. The summed E-state index contributed by atoms with van der Waals surface area (Å²) < 4.78 is 10.5. The standard InChI is InChI=1S/C16H16N2O4S/c1-10(19)12-5-14-15(22-9-21-14)6-13(12)18-16(20)8-17-7-11-3-2-4-23-11/h2-6,17H,7-9H2,1H3,(H,18,20). The van der Waals surface area contributed by atoms with Crippen LogP contribution in [0.15, 0.2) is 29.6 Å². The van der Waals surface area contributed by atoms with E-state index < -0.39 is 0 Å². The summed E-state index contributed by atoms with van der Waals surface area (Å²) in [7, 11) is 0. The number of Topliss-reactive ketones (excluding diaryl/α,β-unsaturated/α-hetero) is 1. The summed E-state index contributed by atoms with van der Waals surface area (Å²) in [5, 5.41) is 7.80. The Labute approximate surface area is 137 Å². The molecule has 2 aromatic rings. The van der Waals surface area contributed by atoms with E-state index in [0.717, 1.165) is 4.88 Å². The zero-order chi connectivity index (χ0) is 16.2. The molecular formula is C16H16N2O4S. The van der Waals surface area contributed by atoms with Gasteiger partial charge in [-0.15, -0.1) is 11.3 Å². The highest BCUT2D eigenvalue weighted by atomic mass is 32.1. The molecule has 0 fully saturated rings. The van der Waals surface area contributed by atoms with Gasteiger partial charge in [-0.3, -0.25) is 9.59 Å². The maximum absolute atomic E-state index is 12.1. The molecule has 0 unspecified atom stereocenters. The third kappa shape index (κ3) is 3.69. The van der Waals surface area contributed by atoms with Crippen molar-refractivity contribution in [3.8, 4) is 11.5 Å². The second-order valence-corrected chi connectivity index (χ2v) is 6.07. The molecule has 0 atom stereocenters. The molecule has 1 amide bonds. The van der Waals surface area contributed by atoms with Gasteiger partial charge in [-0.2, -0.15) is 0 Å². The van der Waals surface area contributed by atoms with E-state index in [1.165, 1.54) is 6.92 Å². The second-order valence-electron chi connectivity index (χ2n) is 5.04. The normalized spacial score (nSPS) is 12.2. The average molecular weight is 332 g/mol. The van der Waals surface area contributed by atoms with Gasteiger partial charge in [0.25, 0.3) is 0 Å². The highest BCUT2D eigenvalue weighted by Crippen LogP contribution is 2.37. The van der Waals surface area contributed by atoms with Crippen LogP contribution < -0.4 is 20.1 Å². The highest BCUT2D eigenvalue weighted by Gasteiger charge is 2.20. The summed E-state index contributed by atoms with van der Waals surface area (Å²) in [6.07, 6.45) is 0. The predicted molar refractivity (Wildman–Crippen MR) is 87.2 cm³/mol. The van der Waals surface area contributed by atoms with Crippen molar-refractivity contribution in [1.82, 2.24) is 5.32 Å². The summed E-state index contributed by atoms with van der Waals surface area (Å²) in [4.78, 5) is 25.0. The van der Waals surface area contributed by atoms with E-state index in [1.807, 2.05) is 17.5 Å². The van der Waals surface area contributed by atoms with E-state index in [-0.39, 0.29) is 25.0 Å². The second kappa shape index (κ2) is 6.80. The molecule has 0 bridgehead atoms. The molecule has 2 heterocycles. The molecule has 0 saturated heterocycles. The van der Waals surface area contributed by atoms with Crippen molar-refractivity contribution >= 4 is 28.7 Å². The van der Waals surface area contributed by atoms with Gasteiger partial charge in [-0.05, 0) is 24.4 Å². The van der Waals surface area contributed by atoms with Gasteiger partial charge in [-0.25, -0.2) is 0 Å². The highest BCUT2D eigenvalue weighted by molar-refractivity contribution is 7.09. The molecule has 1 aliphatic rings. The Kier molecular flexibility index (Phi) is 4.59. The number of benzene rings is 1. The third-order valence-corrected chi connectivity index (χ3v) is 4.21. The van der Waals surface area contributed by atoms with Gasteiger partial charge in [0.2, 0.25) is 12.7 Å². The SMILES string of the molecule is CC(=O)c1cc2c(cc1NC(=O)CNCc1cccs1)OCO2. The molecule has 1 aromatic heterocycles. The van der Waals surface area contributed by atoms with Crippen LogP contribution in [-0.4, -0.2) is 25.0 Å². The lowest BCUT2D eigenvalue weighted by atomic mass is 10.1. The molecule has 3 rings (SSSR count). The molecule has 0 aliphatic carbocycles. The van der Waals surface area contributed by atoms with Crippen molar-refractivity contribution in [2.75, 3.05) is 18.7 Å². The zero-order valence-corrected chi connectivity index (χ0v) is 13.4. The first-order valence-corrected chi connectivity index (χ1v) is 7.99. The molecule has 2 N–H and O–H groups in total. The lowest BCUT2D eigenvalue weighted by Crippen LogP contribution is -2.28. The van der Waals surface area contributed by atoms with Gasteiger partial charge in [0.1, 0.15) is 0 Å². The Morgan fingerprint density at radius 3 is 2.74 bits per heavy atom. The molecule has 23 heavy (non-hydrogen) atoms. The van der Waals surface area contributed by atoms with E-state index in [4.69, 9.17) is 9.47 Å². The number of carbonyl (C=O) groups is 2. The number of ether oxygens (including phenoxy) is 2. The van der Waals surface area contributed by atoms with Crippen LogP contribution in [0, 0.1) is 0 Å².